The maximum atomic E-state index is 13.5. The maximum absolute atomic E-state index is 13.5. The monoisotopic (exact) mass is 521 g/mol. The van der Waals surface area contributed by atoms with Gasteiger partial charge in [0.1, 0.15) is 11.2 Å². The van der Waals surface area contributed by atoms with Gasteiger partial charge >= 0.3 is 12.2 Å². The third-order valence-electron chi connectivity index (χ3n) is 8.79. The van der Waals surface area contributed by atoms with Gasteiger partial charge in [0.2, 0.25) is 0 Å². The summed E-state index contributed by atoms with van der Waals surface area (Å²) in [6.45, 7) is 21.7. The maximum Gasteiger partial charge on any atom is 0.410 e. The zero-order valence-corrected chi connectivity index (χ0v) is 25.4. The number of nitrogens with zero attached hydrogens (tertiary/aromatic N) is 3. The lowest BCUT2D eigenvalue weighted by Crippen LogP contribution is -2.62. The van der Waals surface area contributed by atoms with Gasteiger partial charge in [0.25, 0.3) is 0 Å². The topological polar surface area (TPSA) is 62.3 Å². The molecule has 0 bridgehead atoms. The number of ether oxygens (including phenoxy) is 2. The van der Waals surface area contributed by atoms with E-state index in [1.165, 1.54) is 6.42 Å². The van der Waals surface area contributed by atoms with Crippen molar-refractivity contribution < 1.29 is 19.1 Å². The first-order chi connectivity index (χ1) is 17.1. The van der Waals surface area contributed by atoms with Gasteiger partial charge in [-0.05, 0) is 104 Å². The van der Waals surface area contributed by atoms with Crippen LogP contribution < -0.4 is 0 Å². The molecule has 0 radical (unpaired) electrons. The molecule has 0 saturated carbocycles. The minimum absolute atomic E-state index is 0.0580. The summed E-state index contributed by atoms with van der Waals surface area (Å²) >= 11 is 0. The summed E-state index contributed by atoms with van der Waals surface area (Å²) in [5, 5.41) is 0. The van der Waals surface area contributed by atoms with E-state index in [0.29, 0.717) is 42.8 Å². The second-order valence-corrected chi connectivity index (χ2v) is 14.3. The SMILES string of the molecule is CCC1C(C2CC(C)CCN2C)CN(C(=O)OC(C)(C)C)CC1C1CC(C)CCN1C(=O)OC(C)(C)C. The van der Waals surface area contributed by atoms with Crippen LogP contribution in [0.5, 0.6) is 0 Å². The van der Waals surface area contributed by atoms with Crippen molar-refractivity contribution in [3.05, 3.63) is 0 Å². The van der Waals surface area contributed by atoms with Gasteiger partial charge in [-0.15, -0.1) is 0 Å². The van der Waals surface area contributed by atoms with Crippen LogP contribution >= 0.6 is 0 Å². The van der Waals surface area contributed by atoms with Crippen LogP contribution in [-0.2, 0) is 9.47 Å². The van der Waals surface area contributed by atoms with Crippen LogP contribution in [0.25, 0.3) is 0 Å². The first kappa shape index (κ1) is 30.0. The second-order valence-electron chi connectivity index (χ2n) is 14.3. The van der Waals surface area contributed by atoms with Crippen LogP contribution in [0.1, 0.15) is 94.4 Å². The Kier molecular flexibility index (Phi) is 9.51. The fourth-order valence-corrected chi connectivity index (χ4v) is 7.00. The van der Waals surface area contributed by atoms with Crippen LogP contribution in [0, 0.1) is 29.6 Å². The quantitative estimate of drug-likeness (QED) is 0.439. The van der Waals surface area contributed by atoms with Crippen molar-refractivity contribution >= 4 is 12.2 Å². The molecule has 0 aliphatic carbocycles. The normalized spacial score (nSPS) is 34.3. The predicted octanol–water partition coefficient (Wildman–Crippen LogP) is 6.26. The molecule has 0 aromatic rings. The smallest absolute Gasteiger partial charge is 0.410 e. The molecule has 37 heavy (non-hydrogen) atoms. The molecule has 7 heteroatoms. The summed E-state index contributed by atoms with van der Waals surface area (Å²) in [6.07, 6.45) is 4.92. The molecule has 3 fully saturated rings. The second kappa shape index (κ2) is 11.7. The summed E-state index contributed by atoms with van der Waals surface area (Å²) in [5.74, 6) is 2.19. The van der Waals surface area contributed by atoms with E-state index in [0.717, 1.165) is 38.8 Å². The van der Waals surface area contributed by atoms with Crippen molar-refractivity contribution in [3.63, 3.8) is 0 Å². The average Bonchev–Trinajstić information content (AvgIpc) is 2.77. The number of amides is 2. The van der Waals surface area contributed by atoms with E-state index >= 15 is 0 Å². The van der Waals surface area contributed by atoms with E-state index in [2.05, 4.69) is 32.7 Å². The van der Waals surface area contributed by atoms with Crippen LogP contribution in [0.2, 0.25) is 0 Å². The van der Waals surface area contributed by atoms with Gasteiger partial charge in [-0.25, -0.2) is 9.59 Å². The van der Waals surface area contributed by atoms with Crippen LogP contribution in [0.4, 0.5) is 9.59 Å². The Labute approximate surface area is 226 Å². The van der Waals surface area contributed by atoms with E-state index in [9.17, 15) is 9.59 Å². The van der Waals surface area contributed by atoms with Crippen LogP contribution in [0.3, 0.4) is 0 Å². The zero-order chi connectivity index (χ0) is 27.7. The van der Waals surface area contributed by atoms with Crippen molar-refractivity contribution in [2.75, 3.05) is 33.2 Å². The summed E-state index contributed by atoms with van der Waals surface area (Å²) in [7, 11) is 2.25. The summed E-state index contributed by atoms with van der Waals surface area (Å²) in [6, 6.07) is 0.486. The van der Waals surface area contributed by atoms with E-state index < -0.39 is 11.2 Å². The molecule has 3 aliphatic rings. The highest BCUT2D eigenvalue weighted by molar-refractivity contribution is 5.69. The molecule has 3 saturated heterocycles. The largest absolute Gasteiger partial charge is 0.444 e. The van der Waals surface area contributed by atoms with Crippen LogP contribution in [0.15, 0.2) is 0 Å². The number of hydrogen-bond donors (Lipinski definition) is 0. The average molecular weight is 522 g/mol. The van der Waals surface area contributed by atoms with Crippen molar-refractivity contribution in [1.29, 1.82) is 0 Å². The van der Waals surface area contributed by atoms with Gasteiger partial charge in [-0.2, -0.15) is 0 Å². The highest BCUT2D eigenvalue weighted by Gasteiger charge is 2.49. The number of likely N-dealkylation sites (tertiary alicyclic amines) is 3. The molecule has 3 rings (SSSR count). The highest BCUT2D eigenvalue weighted by Crippen LogP contribution is 2.44. The van der Waals surface area contributed by atoms with Gasteiger partial charge in [0.05, 0.1) is 0 Å². The van der Waals surface area contributed by atoms with E-state index in [1.54, 1.807) is 0 Å². The molecule has 0 aromatic heterocycles. The fraction of sp³-hybridized carbons (Fsp3) is 0.933. The Morgan fingerprint density at radius 2 is 1.27 bits per heavy atom. The standard InChI is InChI=1S/C30H55N3O4/c1-11-22-23(25-16-20(2)12-14-31(25)10)18-32(27(34)36-29(4,5)6)19-24(22)26-17-21(3)13-15-33(26)28(35)37-30(7,8)9/h20-26H,11-19H2,1-10H3. The van der Waals surface area contributed by atoms with E-state index in [4.69, 9.17) is 9.47 Å². The molecule has 2 amide bonds. The first-order valence-electron chi connectivity index (χ1n) is 14.8. The van der Waals surface area contributed by atoms with Crippen molar-refractivity contribution in [1.82, 2.24) is 14.7 Å². The van der Waals surface area contributed by atoms with Crippen LogP contribution in [-0.4, -0.2) is 83.4 Å². The molecule has 3 heterocycles. The number of rotatable bonds is 3. The van der Waals surface area contributed by atoms with Gasteiger partial charge < -0.3 is 24.2 Å². The molecular formula is C30H55N3O4. The number of carbonyl (C=O) groups excluding carboxylic acids is 2. The van der Waals surface area contributed by atoms with Gasteiger partial charge in [0, 0.05) is 37.6 Å². The number of carbonyl (C=O) groups is 2. The summed E-state index contributed by atoms with van der Waals surface area (Å²) in [5.41, 5.74) is -1.07. The fourth-order valence-electron chi connectivity index (χ4n) is 7.00. The van der Waals surface area contributed by atoms with Gasteiger partial charge in [0.15, 0.2) is 0 Å². The molecule has 7 nitrogen and oxygen atoms in total. The highest BCUT2D eigenvalue weighted by atomic mass is 16.6. The van der Waals surface area contributed by atoms with E-state index in [1.807, 2.05) is 51.3 Å². The Hall–Kier alpha value is -1.50. The third-order valence-corrected chi connectivity index (χ3v) is 8.79. The third kappa shape index (κ3) is 7.77. The zero-order valence-electron chi connectivity index (χ0n) is 25.4. The number of piperidine rings is 3. The molecule has 7 atom stereocenters. The van der Waals surface area contributed by atoms with Crippen molar-refractivity contribution in [2.45, 2.75) is 118 Å². The van der Waals surface area contributed by atoms with E-state index in [-0.39, 0.29) is 24.1 Å². The van der Waals surface area contributed by atoms with Gasteiger partial charge in [-0.1, -0.05) is 27.2 Å². The lowest BCUT2D eigenvalue weighted by atomic mass is 9.66. The molecule has 0 aromatic carbocycles. The molecule has 214 valence electrons. The summed E-state index contributed by atoms with van der Waals surface area (Å²) in [4.78, 5) is 33.4. The Balaban J connectivity index is 1.98. The lowest BCUT2D eigenvalue weighted by Gasteiger charge is -2.54. The molecule has 7 unspecified atom stereocenters. The molecule has 0 N–H and O–H groups in total. The minimum atomic E-state index is -0.540. The molecular weight excluding hydrogens is 466 g/mol. The Bertz CT molecular complexity index is 789. The first-order valence-corrected chi connectivity index (χ1v) is 14.8. The molecule has 0 spiro atoms. The Morgan fingerprint density at radius 3 is 1.81 bits per heavy atom. The molecule has 3 aliphatic heterocycles. The van der Waals surface area contributed by atoms with Crippen molar-refractivity contribution in [2.24, 2.45) is 29.6 Å². The number of hydrogen-bond acceptors (Lipinski definition) is 5. The predicted molar refractivity (Wildman–Crippen MR) is 149 cm³/mol. The Morgan fingerprint density at radius 1 is 0.784 bits per heavy atom. The summed E-state index contributed by atoms with van der Waals surface area (Å²) < 4.78 is 11.8. The minimum Gasteiger partial charge on any atom is -0.444 e. The van der Waals surface area contributed by atoms with Gasteiger partial charge in [-0.3, -0.25) is 0 Å². The lowest BCUT2D eigenvalue weighted by molar-refractivity contribution is -0.0623. The van der Waals surface area contributed by atoms with Crippen molar-refractivity contribution in [3.8, 4) is 0 Å².